The Hall–Kier alpha value is -0.980. The molecule has 1 unspecified atom stereocenters. The van der Waals surface area contributed by atoms with E-state index >= 15 is 0 Å². The summed E-state index contributed by atoms with van der Waals surface area (Å²) in [6.45, 7) is 9.16. The van der Waals surface area contributed by atoms with Gasteiger partial charge in [-0.3, -0.25) is 9.69 Å². The van der Waals surface area contributed by atoms with Crippen molar-refractivity contribution in [1.29, 1.82) is 0 Å². The van der Waals surface area contributed by atoms with Crippen molar-refractivity contribution in [2.45, 2.75) is 26.2 Å². The lowest BCUT2D eigenvalue weighted by Crippen LogP contribution is -2.48. The van der Waals surface area contributed by atoms with E-state index in [2.05, 4.69) is 22.2 Å². The largest absolute Gasteiger partial charge is 0.340 e. The number of piperazine rings is 1. The molecule has 1 aliphatic rings. The quantitative estimate of drug-likeness (QED) is 0.877. The van der Waals surface area contributed by atoms with E-state index in [1.165, 1.54) is 5.01 Å². The van der Waals surface area contributed by atoms with Gasteiger partial charge in [-0.15, -0.1) is 11.3 Å². The van der Waals surface area contributed by atoms with Gasteiger partial charge in [0.05, 0.1) is 10.7 Å². The maximum atomic E-state index is 11.3. The Morgan fingerprint density at radius 2 is 2.15 bits per heavy atom. The standard InChI is InChI=1S/C14H24N4OS/c1-11(14-16-13(3-4-15)10-20-14)9-17-5-7-18(8-6-17)12(2)19/h10-11H,3-9,15H2,1-2H3. The van der Waals surface area contributed by atoms with Gasteiger partial charge < -0.3 is 10.6 Å². The highest BCUT2D eigenvalue weighted by Crippen LogP contribution is 2.21. The van der Waals surface area contributed by atoms with Crippen molar-refractivity contribution in [2.24, 2.45) is 5.73 Å². The maximum Gasteiger partial charge on any atom is 0.219 e. The maximum absolute atomic E-state index is 11.3. The van der Waals surface area contributed by atoms with E-state index in [9.17, 15) is 4.79 Å². The van der Waals surface area contributed by atoms with Crippen LogP contribution in [0.2, 0.25) is 0 Å². The first-order valence-corrected chi connectivity index (χ1v) is 8.10. The number of hydrogen-bond acceptors (Lipinski definition) is 5. The second-order valence-electron chi connectivity index (χ2n) is 5.42. The van der Waals surface area contributed by atoms with Crippen LogP contribution >= 0.6 is 11.3 Å². The Kier molecular flexibility index (Phi) is 5.51. The van der Waals surface area contributed by atoms with Gasteiger partial charge in [-0.05, 0) is 6.54 Å². The smallest absolute Gasteiger partial charge is 0.219 e. The number of nitrogens with zero attached hydrogens (tertiary/aromatic N) is 3. The zero-order chi connectivity index (χ0) is 14.5. The molecule has 1 aromatic heterocycles. The molecule has 0 saturated carbocycles. The first-order chi connectivity index (χ1) is 9.60. The molecule has 5 nitrogen and oxygen atoms in total. The fraction of sp³-hybridized carbons (Fsp3) is 0.714. The minimum atomic E-state index is 0.184. The Morgan fingerprint density at radius 1 is 1.45 bits per heavy atom. The molecule has 0 aliphatic carbocycles. The number of carbonyl (C=O) groups excluding carboxylic acids is 1. The molecule has 1 amide bonds. The molecule has 2 N–H and O–H groups in total. The van der Waals surface area contributed by atoms with Crippen LogP contribution in [0.5, 0.6) is 0 Å². The van der Waals surface area contributed by atoms with Crippen molar-refractivity contribution < 1.29 is 4.79 Å². The van der Waals surface area contributed by atoms with Crippen LogP contribution < -0.4 is 5.73 Å². The number of aromatic nitrogens is 1. The van der Waals surface area contributed by atoms with Crippen LogP contribution in [-0.2, 0) is 11.2 Å². The third-order valence-corrected chi connectivity index (χ3v) is 4.87. The highest BCUT2D eigenvalue weighted by Gasteiger charge is 2.21. The van der Waals surface area contributed by atoms with Crippen LogP contribution in [0.15, 0.2) is 5.38 Å². The fourth-order valence-electron chi connectivity index (χ4n) is 2.52. The van der Waals surface area contributed by atoms with Gasteiger partial charge in [-0.1, -0.05) is 6.92 Å². The van der Waals surface area contributed by atoms with Crippen LogP contribution in [0.25, 0.3) is 0 Å². The molecule has 1 fully saturated rings. The predicted octanol–water partition coefficient (Wildman–Crippen LogP) is 0.912. The van der Waals surface area contributed by atoms with Crippen molar-refractivity contribution in [2.75, 3.05) is 39.3 Å². The predicted molar refractivity (Wildman–Crippen MR) is 82.0 cm³/mol. The third-order valence-electron chi connectivity index (χ3n) is 3.74. The van der Waals surface area contributed by atoms with Crippen molar-refractivity contribution in [3.8, 4) is 0 Å². The second-order valence-corrected chi connectivity index (χ2v) is 6.31. The summed E-state index contributed by atoms with van der Waals surface area (Å²) in [5.41, 5.74) is 6.67. The Morgan fingerprint density at radius 3 is 2.75 bits per heavy atom. The van der Waals surface area contributed by atoms with Gasteiger partial charge in [-0.25, -0.2) is 4.98 Å². The van der Waals surface area contributed by atoms with E-state index in [1.54, 1.807) is 18.3 Å². The van der Waals surface area contributed by atoms with Gasteiger partial charge in [-0.2, -0.15) is 0 Å². The highest BCUT2D eigenvalue weighted by atomic mass is 32.1. The van der Waals surface area contributed by atoms with E-state index in [0.29, 0.717) is 12.5 Å². The highest BCUT2D eigenvalue weighted by molar-refractivity contribution is 7.09. The minimum Gasteiger partial charge on any atom is -0.340 e. The summed E-state index contributed by atoms with van der Waals surface area (Å²) in [6.07, 6.45) is 0.862. The molecule has 1 atom stereocenters. The first-order valence-electron chi connectivity index (χ1n) is 7.22. The van der Waals surface area contributed by atoms with E-state index < -0.39 is 0 Å². The van der Waals surface area contributed by atoms with Gasteiger partial charge >= 0.3 is 0 Å². The van der Waals surface area contributed by atoms with Crippen molar-refractivity contribution in [1.82, 2.24) is 14.8 Å². The normalized spacial score (nSPS) is 18.2. The molecule has 0 aromatic carbocycles. The van der Waals surface area contributed by atoms with Crippen LogP contribution in [0.3, 0.4) is 0 Å². The van der Waals surface area contributed by atoms with Crippen LogP contribution in [0.1, 0.15) is 30.5 Å². The van der Waals surface area contributed by atoms with Gasteiger partial charge in [0.2, 0.25) is 5.91 Å². The average molecular weight is 296 g/mol. The Bertz CT molecular complexity index is 440. The van der Waals surface area contributed by atoms with E-state index in [-0.39, 0.29) is 5.91 Å². The average Bonchev–Trinajstić information content (AvgIpc) is 2.88. The topological polar surface area (TPSA) is 62.5 Å². The van der Waals surface area contributed by atoms with Crippen LogP contribution in [-0.4, -0.2) is 60.0 Å². The molecule has 2 rings (SSSR count). The zero-order valence-electron chi connectivity index (χ0n) is 12.3. The van der Waals surface area contributed by atoms with Crippen molar-refractivity contribution >= 4 is 17.2 Å². The second kappa shape index (κ2) is 7.15. The number of hydrogen-bond donors (Lipinski definition) is 1. The number of amides is 1. The SMILES string of the molecule is CC(=O)N1CCN(CC(C)c2nc(CCN)cs2)CC1. The number of thiazole rings is 1. The summed E-state index contributed by atoms with van der Waals surface area (Å²) in [7, 11) is 0. The molecular formula is C14H24N4OS. The minimum absolute atomic E-state index is 0.184. The molecular weight excluding hydrogens is 272 g/mol. The summed E-state index contributed by atoms with van der Waals surface area (Å²) < 4.78 is 0. The molecule has 0 radical (unpaired) electrons. The van der Waals surface area contributed by atoms with E-state index in [1.807, 2.05) is 4.90 Å². The molecule has 112 valence electrons. The molecule has 0 bridgehead atoms. The van der Waals surface area contributed by atoms with Crippen molar-refractivity contribution in [3.63, 3.8) is 0 Å². The summed E-state index contributed by atoms with van der Waals surface area (Å²) >= 11 is 1.73. The van der Waals surface area contributed by atoms with Gasteiger partial charge in [0.15, 0.2) is 0 Å². The summed E-state index contributed by atoms with van der Waals surface area (Å²) in [6, 6.07) is 0. The zero-order valence-corrected chi connectivity index (χ0v) is 13.2. The van der Waals surface area contributed by atoms with Gasteiger partial charge in [0.1, 0.15) is 0 Å². The van der Waals surface area contributed by atoms with E-state index in [0.717, 1.165) is 44.8 Å². The van der Waals surface area contributed by atoms with Gasteiger partial charge in [0, 0.05) is 57.4 Å². The first kappa shape index (κ1) is 15.4. The molecule has 1 aliphatic heterocycles. The molecule has 2 heterocycles. The lowest BCUT2D eigenvalue weighted by molar-refractivity contribution is -0.130. The van der Waals surface area contributed by atoms with Crippen LogP contribution in [0, 0.1) is 0 Å². The number of nitrogens with two attached hydrogens (primary N) is 1. The Labute approximate surface area is 124 Å². The molecule has 1 aromatic rings. The van der Waals surface area contributed by atoms with E-state index in [4.69, 9.17) is 5.73 Å². The van der Waals surface area contributed by atoms with Crippen LogP contribution in [0.4, 0.5) is 0 Å². The number of carbonyl (C=O) groups is 1. The monoisotopic (exact) mass is 296 g/mol. The summed E-state index contributed by atoms with van der Waals surface area (Å²) in [5.74, 6) is 0.624. The summed E-state index contributed by atoms with van der Waals surface area (Å²) in [4.78, 5) is 20.3. The molecule has 1 saturated heterocycles. The lowest BCUT2D eigenvalue weighted by Gasteiger charge is -2.35. The lowest BCUT2D eigenvalue weighted by atomic mass is 10.1. The molecule has 20 heavy (non-hydrogen) atoms. The molecule has 6 heteroatoms. The molecule has 0 spiro atoms. The fourth-order valence-corrected chi connectivity index (χ4v) is 3.43. The third kappa shape index (κ3) is 4.01. The van der Waals surface area contributed by atoms with Gasteiger partial charge in [0.25, 0.3) is 0 Å². The number of rotatable bonds is 5. The summed E-state index contributed by atoms with van der Waals surface area (Å²) in [5, 5.41) is 3.31. The Balaban J connectivity index is 1.82. The van der Waals surface area contributed by atoms with Crippen molar-refractivity contribution in [3.05, 3.63) is 16.1 Å².